The minimum atomic E-state index is -0.538. The number of carbonyl (C=O) groups is 1. The van der Waals surface area contributed by atoms with Crippen molar-refractivity contribution in [1.29, 1.82) is 0 Å². The van der Waals surface area contributed by atoms with Gasteiger partial charge in [0.15, 0.2) is 0 Å². The summed E-state index contributed by atoms with van der Waals surface area (Å²) in [5.74, 6) is -0.0595. The summed E-state index contributed by atoms with van der Waals surface area (Å²) >= 11 is 0. The maximum Gasteiger partial charge on any atom is 0.338 e. The molecule has 0 unspecified atom stereocenters. The summed E-state index contributed by atoms with van der Waals surface area (Å²) in [6, 6.07) is 7.41. The highest BCUT2D eigenvalue weighted by atomic mass is 16.6. The van der Waals surface area contributed by atoms with Gasteiger partial charge in [-0.15, -0.1) is 0 Å². The molecular formula is C17H24O3. The molecule has 3 heteroatoms. The molecule has 0 amide bonds. The van der Waals surface area contributed by atoms with Gasteiger partial charge in [-0.25, -0.2) is 4.79 Å². The molecule has 1 aliphatic carbocycles. The second kappa shape index (κ2) is 5.96. The fourth-order valence-corrected chi connectivity index (χ4v) is 2.87. The summed E-state index contributed by atoms with van der Waals surface area (Å²) in [7, 11) is 0. The zero-order valence-electron chi connectivity index (χ0n) is 12.6. The maximum atomic E-state index is 12.2. The molecule has 20 heavy (non-hydrogen) atoms. The van der Waals surface area contributed by atoms with Crippen LogP contribution in [-0.4, -0.2) is 22.8 Å². The molecule has 0 radical (unpaired) electrons. The number of ether oxygens (including phenoxy) is 1. The van der Waals surface area contributed by atoms with Crippen LogP contribution in [-0.2, 0) is 4.74 Å². The molecule has 2 atom stereocenters. The van der Waals surface area contributed by atoms with E-state index in [2.05, 4.69) is 0 Å². The lowest BCUT2D eigenvalue weighted by Gasteiger charge is -2.38. The molecule has 3 nitrogen and oxygen atoms in total. The first-order valence-corrected chi connectivity index (χ1v) is 7.36. The van der Waals surface area contributed by atoms with E-state index in [9.17, 15) is 9.90 Å². The van der Waals surface area contributed by atoms with E-state index in [4.69, 9.17) is 4.74 Å². The van der Waals surface area contributed by atoms with Crippen molar-refractivity contribution in [2.24, 2.45) is 5.92 Å². The van der Waals surface area contributed by atoms with Gasteiger partial charge in [-0.2, -0.15) is 0 Å². The summed E-state index contributed by atoms with van der Waals surface area (Å²) < 4.78 is 5.70. The summed E-state index contributed by atoms with van der Waals surface area (Å²) in [6.45, 7) is 5.88. The van der Waals surface area contributed by atoms with E-state index in [1.165, 1.54) is 0 Å². The number of aliphatic hydroxyl groups is 1. The van der Waals surface area contributed by atoms with Crippen molar-refractivity contribution in [3.63, 3.8) is 0 Å². The number of aliphatic hydroxyl groups excluding tert-OH is 1. The molecule has 1 aromatic rings. The van der Waals surface area contributed by atoms with E-state index < -0.39 is 5.60 Å². The summed E-state index contributed by atoms with van der Waals surface area (Å²) in [6.07, 6.45) is 3.32. The van der Waals surface area contributed by atoms with Crippen LogP contribution in [0, 0.1) is 12.8 Å². The number of hydrogen-bond acceptors (Lipinski definition) is 3. The Hall–Kier alpha value is -1.35. The van der Waals surface area contributed by atoms with E-state index in [0.29, 0.717) is 12.0 Å². The Morgan fingerprint density at radius 2 is 1.90 bits per heavy atom. The van der Waals surface area contributed by atoms with E-state index in [1.807, 2.05) is 32.9 Å². The first-order chi connectivity index (χ1) is 9.38. The number of aryl methyl sites for hydroxylation is 1. The van der Waals surface area contributed by atoms with Crippen LogP contribution in [0.2, 0.25) is 0 Å². The van der Waals surface area contributed by atoms with Crippen molar-refractivity contribution in [3.8, 4) is 0 Å². The van der Waals surface area contributed by atoms with Gasteiger partial charge in [-0.3, -0.25) is 0 Å². The third-order valence-electron chi connectivity index (χ3n) is 4.27. The lowest BCUT2D eigenvalue weighted by Crippen LogP contribution is -2.40. The van der Waals surface area contributed by atoms with Crippen molar-refractivity contribution in [2.45, 2.75) is 58.2 Å². The van der Waals surface area contributed by atoms with Gasteiger partial charge in [0.1, 0.15) is 5.60 Å². The van der Waals surface area contributed by atoms with Gasteiger partial charge in [0, 0.05) is 5.92 Å². The largest absolute Gasteiger partial charge is 0.456 e. The fourth-order valence-electron chi connectivity index (χ4n) is 2.87. The number of benzene rings is 1. The van der Waals surface area contributed by atoms with Crippen LogP contribution < -0.4 is 0 Å². The second-order valence-electron chi connectivity index (χ2n) is 6.38. The molecular weight excluding hydrogens is 252 g/mol. The van der Waals surface area contributed by atoms with Crippen molar-refractivity contribution in [3.05, 3.63) is 35.4 Å². The van der Waals surface area contributed by atoms with Crippen LogP contribution in [0.1, 0.15) is 55.5 Å². The van der Waals surface area contributed by atoms with E-state index in [-0.39, 0.29) is 18.0 Å². The molecule has 1 fully saturated rings. The Bertz CT molecular complexity index is 462. The first kappa shape index (κ1) is 15.0. The molecule has 0 bridgehead atoms. The minimum Gasteiger partial charge on any atom is -0.456 e. The number of esters is 1. The zero-order valence-corrected chi connectivity index (χ0v) is 12.6. The van der Waals surface area contributed by atoms with Crippen LogP contribution in [0.5, 0.6) is 0 Å². The molecule has 0 saturated heterocycles. The average molecular weight is 276 g/mol. The number of rotatable bonds is 3. The van der Waals surface area contributed by atoms with Gasteiger partial charge in [0.25, 0.3) is 0 Å². The maximum absolute atomic E-state index is 12.2. The molecule has 2 rings (SSSR count). The van der Waals surface area contributed by atoms with E-state index in [0.717, 1.165) is 24.8 Å². The quantitative estimate of drug-likeness (QED) is 0.860. The van der Waals surface area contributed by atoms with Crippen LogP contribution in [0.4, 0.5) is 0 Å². The molecule has 0 spiro atoms. The van der Waals surface area contributed by atoms with Crippen molar-refractivity contribution < 1.29 is 14.6 Å². The third kappa shape index (κ3) is 3.60. The monoisotopic (exact) mass is 276 g/mol. The molecule has 0 aliphatic heterocycles. The van der Waals surface area contributed by atoms with Gasteiger partial charge < -0.3 is 9.84 Å². The Kier molecular flexibility index (Phi) is 4.48. The number of carbonyl (C=O) groups excluding carboxylic acids is 1. The highest BCUT2D eigenvalue weighted by Crippen LogP contribution is 2.35. The molecule has 1 N–H and O–H groups in total. The predicted molar refractivity (Wildman–Crippen MR) is 78.6 cm³/mol. The molecule has 1 saturated carbocycles. The smallest absolute Gasteiger partial charge is 0.338 e. The van der Waals surface area contributed by atoms with E-state index >= 15 is 0 Å². The molecule has 0 heterocycles. The fraction of sp³-hybridized carbons (Fsp3) is 0.588. The summed E-state index contributed by atoms with van der Waals surface area (Å²) in [4.78, 5) is 12.2. The van der Waals surface area contributed by atoms with E-state index in [1.54, 1.807) is 12.1 Å². The van der Waals surface area contributed by atoms with Crippen LogP contribution >= 0.6 is 0 Å². The lowest BCUT2D eigenvalue weighted by molar-refractivity contribution is -0.0537. The molecule has 0 aromatic heterocycles. The van der Waals surface area contributed by atoms with Crippen molar-refractivity contribution >= 4 is 5.97 Å². The van der Waals surface area contributed by atoms with Gasteiger partial charge in [-0.1, -0.05) is 24.1 Å². The number of hydrogen-bond donors (Lipinski definition) is 1. The highest BCUT2D eigenvalue weighted by Gasteiger charge is 2.36. The average Bonchev–Trinajstić information content (AvgIpc) is 2.39. The zero-order chi connectivity index (χ0) is 14.8. The van der Waals surface area contributed by atoms with Gasteiger partial charge in [0.05, 0.1) is 11.7 Å². The van der Waals surface area contributed by atoms with Crippen molar-refractivity contribution in [2.75, 3.05) is 0 Å². The summed E-state index contributed by atoms with van der Waals surface area (Å²) in [5.41, 5.74) is 1.17. The lowest BCUT2D eigenvalue weighted by atomic mass is 9.77. The third-order valence-corrected chi connectivity index (χ3v) is 4.27. The molecule has 1 aliphatic rings. The molecule has 1 aromatic carbocycles. The Labute approximate surface area is 121 Å². The van der Waals surface area contributed by atoms with Crippen LogP contribution in [0.25, 0.3) is 0 Å². The van der Waals surface area contributed by atoms with Crippen LogP contribution in [0.3, 0.4) is 0 Å². The topological polar surface area (TPSA) is 46.5 Å². The SMILES string of the molecule is Cc1ccc(C(=O)OC(C)(C)[C@H]2CCC[C@H](O)C2)cc1. The predicted octanol–water partition coefficient (Wildman–Crippen LogP) is 3.48. The van der Waals surface area contributed by atoms with Crippen molar-refractivity contribution in [1.82, 2.24) is 0 Å². The Morgan fingerprint density at radius 3 is 2.50 bits per heavy atom. The second-order valence-corrected chi connectivity index (χ2v) is 6.38. The Balaban J connectivity index is 2.03. The summed E-state index contributed by atoms with van der Waals surface area (Å²) in [5, 5.41) is 9.78. The Morgan fingerprint density at radius 1 is 1.25 bits per heavy atom. The first-order valence-electron chi connectivity index (χ1n) is 7.36. The van der Waals surface area contributed by atoms with Crippen LogP contribution in [0.15, 0.2) is 24.3 Å². The van der Waals surface area contributed by atoms with Gasteiger partial charge in [-0.05, 0) is 52.2 Å². The molecule has 110 valence electrons. The standard InChI is InChI=1S/C17H24O3/c1-12-7-9-13(10-8-12)16(19)20-17(2,3)14-5-4-6-15(18)11-14/h7-10,14-15,18H,4-6,11H2,1-3H3/t14-,15-/m0/s1. The highest BCUT2D eigenvalue weighted by molar-refractivity contribution is 5.89. The minimum absolute atomic E-state index is 0.223. The normalized spacial score (nSPS) is 23.4. The van der Waals surface area contributed by atoms with Gasteiger partial charge >= 0.3 is 5.97 Å². The van der Waals surface area contributed by atoms with Gasteiger partial charge in [0.2, 0.25) is 0 Å².